The molecule has 1 heterocycles. The molecule has 7 heteroatoms. The Morgan fingerprint density at radius 1 is 1.24 bits per heavy atom. The summed E-state index contributed by atoms with van der Waals surface area (Å²) < 4.78 is 29.3. The topological polar surface area (TPSA) is 61.4 Å². The summed E-state index contributed by atoms with van der Waals surface area (Å²) in [5, 5.41) is 3.27. The Bertz CT molecular complexity index is 363. The van der Waals surface area contributed by atoms with Gasteiger partial charge in [-0.25, -0.2) is 4.72 Å². The summed E-state index contributed by atoms with van der Waals surface area (Å²) in [5.41, 5.74) is 0. The molecule has 0 spiro atoms. The summed E-state index contributed by atoms with van der Waals surface area (Å²) in [4.78, 5) is 0. The number of nitrogens with zero attached hydrogens (tertiary/aromatic N) is 1. The fourth-order valence-corrected chi connectivity index (χ4v) is 4.64. The van der Waals surface area contributed by atoms with Gasteiger partial charge in [-0.15, -0.1) is 0 Å². The predicted molar refractivity (Wildman–Crippen MR) is 92.0 cm³/mol. The second-order valence-corrected chi connectivity index (χ2v) is 8.21. The van der Waals surface area contributed by atoms with Crippen LogP contribution >= 0.6 is 11.8 Å². The van der Waals surface area contributed by atoms with Gasteiger partial charge in [0.15, 0.2) is 0 Å². The van der Waals surface area contributed by atoms with Crippen LogP contribution in [0.3, 0.4) is 0 Å². The third kappa shape index (κ3) is 7.32. The van der Waals surface area contributed by atoms with E-state index in [0.717, 1.165) is 57.4 Å². The average molecular weight is 338 g/mol. The Labute approximate surface area is 134 Å². The van der Waals surface area contributed by atoms with Crippen LogP contribution in [0.25, 0.3) is 0 Å². The van der Waals surface area contributed by atoms with Crippen molar-refractivity contribution >= 4 is 22.0 Å². The van der Waals surface area contributed by atoms with Crippen LogP contribution in [0.5, 0.6) is 0 Å². The zero-order valence-corrected chi connectivity index (χ0v) is 15.1. The zero-order chi connectivity index (χ0) is 15.6. The second-order valence-electron chi connectivity index (χ2n) is 5.52. The van der Waals surface area contributed by atoms with Gasteiger partial charge in [0.05, 0.1) is 0 Å². The van der Waals surface area contributed by atoms with E-state index < -0.39 is 10.2 Å². The van der Waals surface area contributed by atoms with E-state index in [1.807, 2.05) is 11.8 Å². The van der Waals surface area contributed by atoms with E-state index in [1.54, 1.807) is 4.31 Å². The monoisotopic (exact) mass is 337 g/mol. The Morgan fingerprint density at radius 2 is 2.05 bits per heavy atom. The maximum Gasteiger partial charge on any atom is 0.279 e. The molecule has 0 bridgehead atoms. The molecule has 0 aromatic rings. The third-order valence-electron chi connectivity index (χ3n) is 3.82. The molecule has 1 aliphatic heterocycles. The molecule has 1 saturated heterocycles. The molecule has 0 radical (unpaired) electrons. The van der Waals surface area contributed by atoms with Crippen molar-refractivity contribution < 1.29 is 8.42 Å². The number of likely N-dealkylation sites (N-methyl/N-ethyl adjacent to an activating group) is 1. The van der Waals surface area contributed by atoms with Crippen LogP contribution in [-0.4, -0.2) is 57.0 Å². The normalized spacial score (nSPS) is 20.8. The van der Waals surface area contributed by atoms with Crippen molar-refractivity contribution in [1.29, 1.82) is 0 Å². The van der Waals surface area contributed by atoms with Crippen molar-refractivity contribution in [1.82, 2.24) is 14.3 Å². The number of hydrogen-bond acceptors (Lipinski definition) is 4. The predicted octanol–water partition coefficient (Wildman–Crippen LogP) is 1.82. The molecule has 1 unspecified atom stereocenters. The highest BCUT2D eigenvalue weighted by atomic mass is 32.2. The van der Waals surface area contributed by atoms with Crippen molar-refractivity contribution in [3.8, 4) is 0 Å². The van der Waals surface area contributed by atoms with Gasteiger partial charge < -0.3 is 5.32 Å². The molecule has 1 aliphatic rings. The first-order valence-electron chi connectivity index (χ1n) is 8.08. The Balaban J connectivity index is 2.39. The second kappa shape index (κ2) is 10.8. The SMILES string of the molecule is CCNCC1CCCCN1S(=O)(=O)NCCCCCSC. The lowest BCUT2D eigenvalue weighted by atomic mass is 10.1. The van der Waals surface area contributed by atoms with Crippen LogP contribution in [0.15, 0.2) is 0 Å². The minimum Gasteiger partial charge on any atom is -0.315 e. The van der Waals surface area contributed by atoms with Crippen molar-refractivity contribution in [2.75, 3.05) is 38.2 Å². The average Bonchev–Trinajstić information content (AvgIpc) is 2.49. The summed E-state index contributed by atoms with van der Waals surface area (Å²) >= 11 is 1.84. The van der Waals surface area contributed by atoms with E-state index in [9.17, 15) is 8.42 Å². The molecule has 1 fully saturated rings. The maximum absolute atomic E-state index is 12.4. The van der Waals surface area contributed by atoms with Gasteiger partial charge in [0.25, 0.3) is 10.2 Å². The lowest BCUT2D eigenvalue weighted by Crippen LogP contribution is -2.52. The van der Waals surface area contributed by atoms with Gasteiger partial charge in [0.2, 0.25) is 0 Å². The van der Waals surface area contributed by atoms with Crippen molar-refractivity contribution in [2.45, 2.75) is 51.5 Å². The minimum absolute atomic E-state index is 0.104. The number of hydrogen-bond donors (Lipinski definition) is 2. The van der Waals surface area contributed by atoms with Crippen LogP contribution in [0.1, 0.15) is 45.4 Å². The van der Waals surface area contributed by atoms with E-state index >= 15 is 0 Å². The molecule has 0 aromatic carbocycles. The van der Waals surface area contributed by atoms with Gasteiger partial charge in [0.1, 0.15) is 0 Å². The first-order valence-corrected chi connectivity index (χ1v) is 10.9. The van der Waals surface area contributed by atoms with Crippen molar-refractivity contribution in [3.63, 3.8) is 0 Å². The summed E-state index contributed by atoms with van der Waals surface area (Å²) in [7, 11) is -3.32. The fourth-order valence-electron chi connectivity index (χ4n) is 2.64. The summed E-state index contributed by atoms with van der Waals surface area (Å²) in [5.74, 6) is 1.16. The Kier molecular flexibility index (Phi) is 9.92. The van der Waals surface area contributed by atoms with Gasteiger partial charge in [-0.05, 0) is 44.2 Å². The molecule has 1 atom stereocenters. The molecule has 1 rings (SSSR count). The standard InChI is InChI=1S/C14H31N3O2S2/c1-3-15-13-14-9-5-7-11-17(14)21(18,19)16-10-6-4-8-12-20-2/h14-16H,3-13H2,1-2H3. The molecular weight excluding hydrogens is 306 g/mol. The van der Waals surface area contributed by atoms with E-state index in [4.69, 9.17) is 0 Å². The van der Waals surface area contributed by atoms with Crippen LogP contribution in [0.4, 0.5) is 0 Å². The maximum atomic E-state index is 12.4. The Hall–Kier alpha value is 0.180. The van der Waals surface area contributed by atoms with E-state index in [1.165, 1.54) is 0 Å². The number of thioether (sulfide) groups is 1. The molecule has 0 aliphatic carbocycles. The fraction of sp³-hybridized carbons (Fsp3) is 1.00. The molecule has 5 nitrogen and oxygen atoms in total. The zero-order valence-electron chi connectivity index (χ0n) is 13.4. The van der Waals surface area contributed by atoms with Crippen LogP contribution in [0.2, 0.25) is 0 Å². The Morgan fingerprint density at radius 3 is 2.76 bits per heavy atom. The van der Waals surface area contributed by atoms with Gasteiger partial charge in [-0.3, -0.25) is 0 Å². The van der Waals surface area contributed by atoms with Gasteiger partial charge in [0, 0.05) is 25.7 Å². The van der Waals surface area contributed by atoms with Gasteiger partial charge in [-0.2, -0.15) is 24.5 Å². The number of nitrogens with one attached hydrogen (secondary N) is 2. The molecule has 21 heavy (non-hydrogen) atoms. The summed E-state index contributed by atoms with van der Waals surface area (Å²) in [6, 6.07) is 0.104. The van der Waals surface area contributed by atoms with Crippen LogP contribution < -0.4 is 10.0 Å². The minimum atomic E-state index is -3.32. The molecule has 0 amide bonds. The van der Waals surface area contributed by atoms with E-state index in [0.29, 0.717) is 13.1 Å². The van der Waals surface area contributed by atoms with Crippen molar-refractivity contribution in [3.05, 3.63) is 0 Å². The number of unbranched alkanes of at least 4 members (excludes halogenated alkanes) is 2. The van der Waals surface area contributed by atoms with Crippen LogP contribution in [-0.2, 0) is 10.2 Å². The number of rotatable bonds is 11. The summed E-state index contributed by atoms with van der Waals surface area (Å²) in [6.07, 6.45) is 8.32. The smallest absolute Gasteiger partial charge is 0.279 e. The quantitative estimate of drug-likeness (QED) is 0.565. The van der Waals surface area contributed by atoms with Gasteiger partial charge >= 0.3 is 0 Å². The highest BCUT2D eigenvalue weighted by Crippen LogP contribution is 2.19. The number of piperidine rings is 1. The highest BCUT2D eigenvalue weighted by molar-refractivity contribution is 7.98. The molecule has 126 valence electrons. The lowest BCUT2D eigenvalue weighted by molar-refractivity contribution is 0.244. The molecular formula is C14H31N3O2S2. The third-order valence-corrected chi connectivity index (χ3v) is 6.19. The summed E-state index contributed by atoms with van der Waals surface area (Å²) in [6.45, 7) is 4.89. The molecule has 2 N–H and O–H groups in total. The van der Waals surface area contributed by atoms with E-state index in [-0.39, 0.29) is 6.04 Å². The van der Waals surface area contributed by atoms with Crippen LogP contribution in [0, 0.1) is 0 Å². The highest BCUT2D eigenvalue weighted by Gasteiger charge is 2.31. The molecule has 0 aromatic heterocycles. The largest absolute Gasteiger partial charge is 0.315 e. The lowest BCUT2D eigenvalue weighted by Gasteiger charge is -2.34. The van der Waals surface area contributed by atoms with Gasteiger partial charge in [-0.1, -0.05) is 19.8 Å². The molecule has 0 saturated carbocycles. The first kappa shape index (κ1) is 19.2. The van der Waals surface area contributed by atoms with E-state index in [2.05, 4.69) is 23.2 Å². The first-order chi connectivity index (χ1) is 10.1. The van der Waals surface area contributed by atoms with Crippen molar-refractivity contribution in [2.24, 2.45) is 0 Å².